The molecular weight excluding hydrogens is 334 g/mol. The topological polar surface area (TPSA) is 29.5 Å². The maximum absolute atomic E-state index is 12.9. The summed E-state index contributed by atoms with van der Waals surface area (Å²) in [5.41, 5.74) is 3.43. The zero-order valence-electron chi connectivity index (χ0n) is 15.7. The van der Waals surface area contributed by atoms with Crippen LogP contribution in [-0.4, -0.2) is 17.9 Å². The third-order valence-corrected chi connectivity index (χ3v) is 4.57. The molecule has 0 heterocycles. The number of benzene rings is 3. The van der Waals surface area contributed by atoms with Gasteiger partial charge in [-0.3, -0.25) is 4.79 Å². The van der Waals surface area contributed by atoms with Gasteiger partial charge < -0.3 is 9.64 Å². The Morgan fingerprint density at radius 2 is 1.26 bits per heavy atom. The average Bonchev–Trinajstić information content (AvgIpc) is 2.73. The monoisotopic (exact) mass is 359 g/mol. The predicted octanol–water partition coefficient (Wildman–Crippen LogP) is 4.86. The van der Waals surface area contributed by atoms with Crippen molar-refractivity contribution in [1.82, 2.24) is 4.90 Å². The van der Waals surface area contributed by atoms with Gasteiger partial charge in [-0.1, -0.05) is 72.8 Å². The van der Waals surface area contributed by atoms with Crippen LogP contribution in [0.5, 0.6) is 5.75 Å². The van der Waals surface area contributed by atoms with Crippen molar-refractivity contribution in [3.63, 3.8) is 0 Å². The van der Waals surface area contributed by atoms with E-state index in [1.807, 2.05) is 65.6 Å². The molecule has 0 saturated carbocycles. The normalized spacial score (nSPS) is 10.4. The molecule has 0 aromatic heterocycles. The molecule has 0 aliphatic rings. The largest absolute Gasteiger partial charge is 0.497 e. The van der Waals surface area contributed by atoms with Crippen LogP contribution in [0.1, 0.15) is 23.1 Å². The third kappa shape index (κ3) is 5.71. The maximum atomic E-state index is 12.9. The van der Waals surface area contributed by atoms with Gasteiger partial charge in [0.05, 0.1) is 7.11 Å². The lowest BCUT2D eigenvalue weighted by molar-refractivity contribution is -0.132. The summed E-state index contributed by atoms with van der Waals surface area (Å²) in [4.78, 5) is 14.9. The summed E-state index contributed by atoms with van der Waals surface area (Å²) in [5, 5.41) is 0. The van der Waals surface area contributed by atoms with E-state index in [9.17, 15) is 4.79 Å². The van der Waals surface area contributed by atoms with Crippen LogP contribution in [0.25, 0.3) is 0 Å². The Balaban J connectivity index is 1.67. The van der Waals surface area contributed by atoms with Gasteiger partial charge in [-0.25, -0.2) is 0 Å². The van der Waals surface area contributed by atoms with Gasteiger partial charge in [0.15, 0.2) is 0 Å². The quantitative estimate of drug-likeness (QED) is 0.575. The van der Waals surface area contributed by atoms with Gasteiger partial charge in [0.25, 0.3) is 0 Å². The first-order valence-electron chi connectivity index (χ1n) is 9.23. The number of amides is 1. The second-order valence-electron chi connectivity index (χ2n) is 6.57. The average molecular weight is 359 g/mol. The molecule has 138 valence electrons. The van der Waals surface area contributed by atoms with Crippen molar-refractivity contribution in [2.24, 2.45) is 0 Å². The van der Waals surface area contributed by atoms with Crippen LogP contribution in [0, 0.1) is 0 Å². The Hall–Kier alpha value is -3.07. The Labute approximate surface area is 161 Å². The molecule has 0 spiro atoms. The zero-order chi connectivity index (χ0) is 18.9. The number of hydrogen-bond acceptors (Lipinski definition) is 2. The van der Waals surface area contributed by atoms with E-state index >= 15 is 0 Å². The number of aryl methyl sites for hydroxylation is 1. The zero-order valence-corrected chi connectivity index (χ0v) is 15.7. The van der Waals surface area contributed by atoms with Crippen LogP contribution in [-0.2, 0) is 24.3 Å². The van der Waals surface area contributed by atoms with E-state index in [2.05, 4.69) is 24.3 Å². The summed E-state index contributed by atoms with van der Waals surface area (Å²) in [6.07, 6.45) is 1.22. The van der Waals surface area contributed by atoms with Crippen molar-refractivity contribution in [3.05, 3.63) is 102 Å². The Bertz CT molecular complexity index is 788. The van der Waals surface area contributed by atoms with Crippen LogP contribution in [0.3, 0.4) is 0 Å². The fourth-order valence-electron chi connectivity index (χ4n) is 3.04. The second kappa shape index (κ2) is 9.58. The van der Waals surface area contributed by atoms with Crippen LogP contribution in [0.2, 0.25) is 0 Å². The third-order valence-electron chi connectivity index (χ3n) is 4.57. The minimum atomic E-state index is 0.165. The Morgan fingerprint density at radius 3 is 1.74 bits per heavy atom. The van der Waals surface area contributed by atoms with Crippen molar-refractivity contribution < 1.29 is 9.53 Å². The number of rotatable bonds is 8. The predicted molar refractivity (Wildman–Crippen MR) is 108 cm³/mol. The smallest absolute Gasteiger partial charge is 0.223 e. The molecule has 0 fully saturated rings. The van der Waals surface area contributed by atoms with Crippen LogP contribution in [0.15, 0.2) is 84.9 Å². The number of methoxy groups -OCH3 is 1. The van der Waals surface area contributed by atoms with E-state index < -0.39 is 0 Å². The van der Waals surface area contributed by atoms with E-state index in [0.29, 0.717) is 19.5 Å². The van der Waals surface area contributed by atoms with E-state index in [1.165, 1.54) is 0 Å². The fourth-order valence-corrected chi connectivity index (χ4v) is 3.04. The van der Waals surface area contributed by atoms with Crippen molar-refractivity contribution in [2.45, 2.75) is 25.9 Å². The fraction of sp³-hybridized carbons (Fsp3) is 0.208. The molecule has 3 nitrogen and oxygen atoms in total. The lowest BCUT2D eigenvalue weighted by atomic mass is 10.1. The Kier molecular flexibility index (Phi) is 6.64. The van der Waals surface area contributed by atoms with Crippen molar-refractivity contribution >= 4 is 5.91 Å². The standard InChI is InChI=1S/C24H25NO2/c1-27-23-15-12-20(13-16-23)14-17-24(26)25(18-21-8-4-2-5-9-21)19-22-10-6-3-7-11-22/h2-13,15-16H,14,17-19H2,1H3. The van der Waals surface area contributed by atoms with Crippen molar-refractivity contribution in [1.29, 1.82) is 0 Å². The summed E-state index contributed by atoms with van der Waals surface area (Å²) in [5.74, 6) is 0.999. The van der Waals surface area contributed by atoms with Crippen molar-refractivity contribution in [2.75, 3.05) is 7.11 Å². The molecule has 0 radical (unpaired) electrons. The maximum Gasteiger partial charge on any atom is 0.223 e. The molecule has 1 amide bonds. The van der Waals surface area contributed by atoms with Gasteiger partial charge in [-0.15, -0.1) is 0 Å². The molecule has 3 heteroatoms. The summed E-state index contributed by atoms with van der Waals surface area (Å²) >= 11 is 0. The first-order chi connectivity index (χ1) is 13.2. The van der Waals surface area contributed by atoms with Crippen LogP contribution in [0.4, 0.5) is 0 Å². The van der Waals surface area contributed by atoms with E-state index in [4.69, 9.17) is 4.74 Å². The van der Waals surface area contributed by atoms with Gasteiger partial charge in [0.1, 0.15) is 5.75 Å². The Morgan fingerprint density at radius 1 is 0.741 bits per heavy atom. The molecule has 3 aromatic carbocycles. The van der Waals surface area contributed by atoms with E-state index in [-0.39, 0.29) is 5.91 Å². The van der Waals surface area contributed by atoms with Gasteiger partial charge in [-0.05, 0) is 35.2 Å². The minimum absolute atomic E-state index is 0.165. The van der Waals surface area contributed by atoms with Crippen LogP contribution < -0.4 is 4.74 Å². The first kappa shape index (κ1) is 18.7. The summed E-state index contributed by atoms with van der Waals surface area (Å²) in [7, 11) is 1.66. The van der Waals surface area contributed by atoms with E-state index in [0.717, 1.165) is 28.9 Å². The molecule has 3 rings (SSSR count). The van der Waals surface area contributed by atoms with Gasteiger partial charge >= 0.3 is 0 Å². The highest BCUT2D eigenvalue weighted by Gasteiger charge is 2.14. The van der Waals surface area contributed by atoms with Gasteiger partial charge in [0, 0.05) is 19.5 Å². The van der Waals surface area contributed by atoms with Crippen LogP contribution >= 0.6 is 0 Å². The number of carbonyl (C=O) groups is 1. The minimum Gasteiger partial charge on any atom is -0.497 e. The molecule has 0 N–H and O–H groups in total. The SMILES string of the molecule is COc1ccc(CCC(=O)N(Cc2ccccc2)Cc2ccccc2)cc1. The van der Waals surface area contributed by atoms with Crippen molar-refractivity contribution in [3.8, 4) is 5.75 Å². The summed E-state index contributed by atoms with van der Waals surface area (Å²) in [6.45, 7) is 1.24. The second-order valence-corrected chi connectivity index (χ2v) is 6.57. The molecule has 27 heavy (non-hydrogen) atoms. The summed E-state index contributed by atoms with van der Waals surface area (Å²) < 4.78 is 5.19. The van der Waals surface area contributed by atoms with Gasteiger partial charge in [0.2, 0.25) is 5.91 Å². The molecule has 0 aliphatic carbocycles. The number of nitrogens with zero attached hydrogens (tertiary/aromatic N) is 1. The molecule has 0 unspecified atom stereocenters. The number of carbonyl (C=O) groups excluding carboxylic acids is 1. The highest BCUT2D eigenvalue weighted by atomic mass is 16.5. The lowest BCUT2D eigenvalue weighted by Crippen LogP contribution is -2.30. The lowest BCUT2D eigenvalue weighted by Gasteiger charge is -2.23. The van der Waals surface area contributed by atoms with E-state index in [1.54, 1.807) is 7.11 Å². The number of ether oxygens (including phenoxy) is 1. The molecule has 0 bridgehead atoms. The molecular formula is C24H25NO2. The molecule has 0 saturated heterocycles. The highest BCUT2D eigenvalue weighted by Crippen LogP contribution is 2.15. The summed E-state index contributed by atoms with van der Waals surface area (Å²) in [6, 6.07) is 28.2. The van der Waals surface area contributed by atoms with Gasteiger partial charge in [-0.2, -0.15) is 0 Å². The molecule has 3 aromatic rings. The first-order valence-corrected chi connectivity index (χ1v) is 9.23. The number of hydrogen-bond donors (Lipinski definition) is 0. The highest BCUT2D eigenvalue weighted by molar-refractivity contribution is 5.76. The molecule has 0 aliphatic heterocycles. The molecule has 0 atom stereocenters.